The van der Waals surface area contributed by atoms with Crippen molar-refractivity contribution in [2.24, 2.45) is 0 Å². The van der Waals surface area contributed by atoms with Crippen molar-refractivity contribution in [2.45, 2.75) is 21.5 Å². The SMILES string of the molecule is BrCCS[C@@H]1Cc2ccccc2Sc2ccccc21. The molecule has 1 atom stereocenters. The molecule has 0 saturated heterocycles. The molecule has 1 heterocycles. The summed E-state index contributed by atoms with van der Waals surface area (Å²) in [5.74, 6) is 1.16. The van der Waals surface area contributed by atoms with Crippen LogP contribution in [0.1, 0.15) is 16.4 Å². The van der Waals surface area contributed by atoms with E-state index in [0.29, 0.717) is 5.25 Å². The molecule has 0 saturated carbocycles. The Morgan fingerprint density at radius 2 is 1.79 bits per heavy atom. The number of hydrogen-bond donors (Lipinski definition) is 0. The fourth-order valence-corrected chi connectivity index (χ4v) is 5.21. The van der Waals surface area contributed by atoms with Gasteiger partial charge in [0, 0.05) is 26.1 Å². The number of alkyl halides is 1. The zero-order chi connectivity index (χ0) is 13.1. The minimum atomic E-state index is 0.574. The highest BCUT2D eigenvalue weighted by Gasteiger charge is 2.22. The van der Waals surface area contributed by atoms with Gasteiger partial charge in [0.15, 0.2) is 0 Å². The van der Waals surface area contributed by atoms with Crippen molar-refractivity contribution in [3.63, 3.8) is 0 Å². The van der Waals surface area contributed by atoms with Crippen LogP contribution in [0.15, 0.2) is 58.3 Å². The standard InChI is InChI=1S/C16H15BrS2/c17-9-10-18-16-11-12-5-1-3-7-14(12)19-15-8-4-2-6-13(15)16/h1-8,16H,9-11H2/t16-/m1/s1. The van der Waals surface area contributed by atoms with Crippen LogP contribution in [-0.2, 0) is 6.42 Å². The van der Waals surface area contributed by atoms with Gasteiger partial charge < -0.3 is 0 Å². The van der Waals surface area contributed by atoms with Gasteiger partial charge in [-0.1, -0.05) is 64.1 Å². The Morgan fingerprint density at radius 1 is 1.05 bits per heavy atom. The first-order valence-corrected chi connectivity index (χ1v) is 9.39. The summed E-state index contributed by atoms with van der Waals surface area (Å²) < 4.78 is 0. The van der Waals surface area contributed by atoms with Crippen LogP contribution >= 0.6 is 39.5 Å². The summed E-state index contributed by atoms with van der Waals surface area (Å²) in [7, 11) is 0. The smallest absolute Gasteiger partial charge is 0.0349 e. The molecule has 98 valence electrons. The minimum Gasteiger partial charge on any atom is -0.153 e. The molecule has 0 aromatic heterocycles. The van der Waals surface area contributed by atoms with E-state index in [1.165, 1.54) is 20.9 Å². The van der Waals surface area contributed by atoms with Crippen molar-refractivity contribution in [1.82, 2.24) is 0 Å². The van der Waals surface area contributed by atoms with Crippen molar-refractivity contribution in [2.75, 3.05) is 11.1 Å². The first kappa shape index (κ1) is 13.6. The molecule has 0 fully saturated rings. The van der Waals surface area contributed by atoms with E-state index < -0.39 is 0 Å². The van der Waals surface area contributed by atoms with E-state index in [4.69, 9.17) is 0 Å². The maximum atomic E-state index is 3.54. The van der Waals surface area contributed by atoms with E-state index in [0.717, 1.165) is 17.5 Å². The minimum absolute atomic E-state index is 0.574. The third-order valence-corrected chi connectivity index (χ3v) is 6.65. The fourth-order valence-electron chi connectivity index (χ4n) is 2.38. The van der Waals surface area contributed by atoms with Crippen LogP contribution in [0.4, 0.5) is 0 Å². The van der Waals surface area contributed by atoms with E-state index in [-0.39, 0.29) is 0 Å². The second kappa shape index (κ2) is 6.38. The van der Waals surface area contributed by atoms with Crippen LogP contribution in [0.5, 0.6) is 0 Å². The predicted octanol–water partition coefficient (Wildman–Crippen LogP) is 5.56. The fraction of sp³-hybridized carbons (Fsp3) is 0.250. The lowest BCUT2D eigenvalue weighted by molar-refractivity contribution is 0.902. The predicted molar refractivity (Wildman–Crippen MR) is 89.7 cm³/mol. The molecule has 2 aromatic carbocycles. The Bertz CT molecular complexity index is 568. The third kappa shape index (κ3) is 3.04. The van der Waals surface area contributed by atoms with Crippen molar-refractivity contribution in [3.05, 3.63) is 59.7 Å². The molecule has 2 aromatic rings. The Morgan fingerprint density at radius 3 is 2.63 bits per heavy atom. The summed E-state index contributed by atoms with van der Waals surface area (Å²) in [6, 6.07) is 17.7. The largest absolute Gasteiger partial charge is 0.153 e. The molecule has 3 heteroatoms. The molecule has 19 heavy (non-hydrogen) atoms. The molecule has 0 unspecified atom stereocenters. The normalized spacial score (nSPS) is 17.4. The summed E-state index contributed by atoms with van der Waals surface area (Å²) >= 11 is 7.51. The molecule has 0 nitrogen and oxygen atoms in total. The van der Waals surface area contributed by atoms with Gasteiger partial charge in [-0.25, -0.2) is 0 Å². The quantitative estimate of drug-likeness (QED) is 0.664. The van der Waals surface area contributed by atoms with Gasteiger partial charge in [-0.05, 0) is 29.7 Å². The molecule has 3 rings (SSSR count). The van der Waals surface area contributed by atoms with Gasteiger partial charge in [0.25, 0.3) is 0 Å². The van der Waals surface area contributed by atoms with Crippen LogP contribution in [0.3, 0.4) is 0 Å². The number of halogens is 1. The van der Waals surface area contributed by atoms with Crippen LogP contribution in [0.2, 0.25) is 0 Å². The molecule has 0 spiro atoms. The average molecular weight is 351 g/mol. The van der Waals surface area contributed by atoms with Crippen molar-refractivity contribution < 1.29 is 0 Å². The van der Waals surface area contributed by atoms with Crippen LogP contribution in [0, 0.1) is 0 Å². The zero-order valence-corrected chi connectivity index (χ0v) is 13.7. The summed E-state index contributed by atoms with van der Waals surface area (Å²) in [6.07, 6.45) is 1.14. The molecule has 0 bridgehead atoms. The summed E-state index contributed by atoms with van der Waals surface area (Å²) in [4.78, 5) is 2.83. The topological polar surface area (TPSA) is 0 Å². The lowest BCUT2D eigenvalue weighted by Gasteiger charge is -2.16. The summed E-state index contributed by atoms with van der Waals surface area (Å²) in [6.45, 7) is 0. The van der Waals surface area contributed by atoms with Gasteiger partial charge in [0.2, 0.25) is 0 Å². The Hall–Kier alpha value is -0.380. The molecule has 1 aliphatic rings. The molecular weight excluding hydrogens is 336 g/mol. The Labute approximate surface area is 131 Å². The molecule has 0 N–H and O–H groups in total. The number of fused-ring (bicyclic) bond motifs is 2. The van der Waals surface area contributed by atoms with Crippen molar-refractivity contribution in [1.29, 1.82) is 0 Å². The number of benzene rings is 2. The number of rotatable bonds is 3. The maximum Gasteiger partial charge on any atom is 0.0349 e. The second-order valence-corrected chi connectivity index (χ2v) is 7.69. The zero-order valence-electron chi connectivity index (χ0n) is 10.5. The highest BCUT2D eigenvalue weighted by Crippen LogP contribution is 2.45. The van der Waals surface area contributed by atoms with Gasteiger partial charge in [0.05, 0.1) is 0 Å². The van der Waals surface area contributed by atoms with Crippen LogP contribution < -0.4 is 0 Å². The van der Waals surface area contributed by atoms with E-state index in [2.05, 4.69) is 76.2 Å². The van der Waals surface area contributed by atoms with E-state index in [9.17, 15) is 0 Å². The number of thioether (sulfide) groups is 1. The van der Waals surface area contributed by atoms with Crippen LogP contribution in [-0.4, -0.2) is 11.1 Å². The Kier molecular flexibility index (Phi) is 4.57. The lowest BCUT2D eigenvalue weighted by atomic mass is 10.0. The maximum absolute atomic E-state index is 3.54. The lowest BCUT2D eigenvalue weighted by Crippen LogP contribution is -2.00. The van der Waals surface area contributed by atoms with Crippen LogP contribution in [0.25, 0.3) is 0 Å². The summed E-state index contributed by atoms with van der Waals surface area (Å²) in [5, 5.41) is 1.63. The first-order chi connectivity index (χ1) is 9.38. The van der Waals surface area contributed by atoms with E-state index in [1.54, 1.807) is 0 Å². The second-order valence-electron chi connectivity index (χ2n) is 4.50. The van der Waals surface area contributed by atoms with Gasteiger partial charge in [-0.2, -0.15) is 11.8 Å². The molecule has 0 radical (unpaired) electrons. The molecular formula is C16H15BrS2. The molecule has 0 amide bonds. The highest BCUT2D eigenvalue weighted by atomic mass is 79.9. The van der Waals surface area contributed by atoms with E-state index in [1.807, 2.05) is 11.8 Å². The van der Waals surface area contributed by atoms with Crippen molar-refractivity contribution >= 4 is 39.5 Å². The highest BCUT2D eigenvalue weighted by molar-refractivity contribution is 9.09. The Balaban J connectivity index is 2.01. The molecule has 1 aliphatic heterocycles. The van der Waals surface area contributed by atoms with Gasteiger partial charge >= 0.3 is 0 Å². The van der Waals surface area contributed by atoms with E-state index >= 15 is 0 Å². The monoisotopic (exact) mass is 350 g/mol. The molecule has 0 aliphatic carbocycles. The summed E-state index contributed by atoms with van der Waals surface area (Å²) in [5.41, 5.74) is 2.98. The van der Waals surface area contributed by atoms with Gasteiger partial charge in [0.1, 0.15) is 0 Å². The van der Waals surface area contributed by atoms with Crippen molar-refractivity contribution in [3.8, 4) is 0 Å². The van der Waals surface area contributed by atoms with Gasteiger partial charge in [-0.3, -0.25) is 0 Å². The number of hydrogen-bond acceptors (Lipinski definition) is 2. The first-order valence-electron chi connectivity index (χ1n) is 6.41. The van der Waals surface area contributed by atoms with Gasteiger partial charge in [-0.15, -0.1) is 0 Å². The average Bonchev–Trinajstić information content (AvgIpc) is 2.61. The third-order valence-electron chi connectivity index (χ3n) is 3.26.